The van der Waals surface area contributed by atoms with Gasteiger partial charge in [0.1, 0.15) is 0 Å². The number of aryl methyl sites for hydroxylation is 2. The minimum atomic E-state index is -0.0804. The summed E-state index contributed by atoms with van der Waals surface area (Å²) in [5.74, 6) is 2.82. The Morgan fingerprint density at radius 2 is 1.20 bits per heavy atom. The van der Waals surface area contributed by atoms with Crippen molar-refractivity contribution >= 4 is 27.8 Å². The van der Waals surface area contributed by atoms with Gasteiger partial charge in [-0.2, -0.15) is 0 Å². The molecule has 1 heteroatoms. The fraction of sp³-hybridized carbons (Fsp3) is 0.306. The number of rotatable bonds is 5. The molecule has 4 saturated carbocycles. The molecule has 0 aromatic heterocycles. The van der Waals surface area contributed by atoms with E-state index in [9.17, 15) is 0 Å². The van der Waals surface area contributed by atoms with Crippen LogP contribution >= 0.6 is 0 Å². The van der Waals surface area contributed by atoms with Gasteiger partial charge in [-0.25, -0.2) is 0 Å². The second kappa shape index (κ2) is 10.9. The molecule has 4 bridgehead atoms. The van der Waals surface area contributed by atoms with Crippen LogP contribution in [0.4, 0.5) is 17.1 Å². The van der Waals surface area contributed by atoms with E-state index in [-0.39, 0.29) is 5.41 Å². The summed E-state index contributed by atoms with van der Waals surface area (Å²) in [6.07, 6.45) is 8.62. The van der Waals surface area contributed by atoms with Crippen LogP contribution in [0.1, 0.15) is 80.2 Å². The summed E-state index contributed by atoms with van der Waals surface area (Å²) in [6.45, 7) is 9.32. The van der Waals surface area contributed by atoms with E-state index < -0.39 is 0 Å². The fourth-order valence-electron chi connectivity index (χ4n) is 11.5. The molecule has 50 heavy (non-hydrogen) atoms. The molecule has 5 aliphatic rings. The zero-order valence-electron chi connectivity index (χ0n) is 30.0. The lowest BCUT2D eigenvalue weighted by Gasteiger charge is -2.57. The van der Waals surface area contributed by atoms with Crippen molar-refractivity contribution in [2.45, 2.75) is 77.0 Å². The molecule has 0 heterocycles. The van der Waals surface area contributed by atoms with Crippen molar-refractivity contribution in [2.24, 2.45) is 17.8 Å². The molecule has 0 saturated heterocycles. The normalized spacial score (nSPS) is 24.0. The number of nitrogens with zero attached hydrogens (tertiary/aromatic N) is 1. The van der Waals surface area contributed by atoms with Gasteiger partial charge in [0.05, 0.1) is 5.69 Å². The topological polar surface area (TPSA) is 3.24 Å². The van der Waals surface area contributed by atoms with E-state index in [0.717, 1.165) is 17.8 Å². The highest BCUT2D eigenvalue weighted by Gasteiger charge is 2.51. The van der Waals surface area contributed by atoms with Gasteiger partial charge in [-0.15, -0.1) is 0 Å². The first-order chi connectivity index (χ1) is 24.3. The van der Waals surface area contributed by atoms with Crippen molar-refractivity contribution in [2.75, 3.05) is 4.90 Å². The molecular formula is C49H47N. The Bertz CT molecular complexity index is 2270. The average Bonchev–Trinajstić information content (AvgIpc) is 3.35. The minimum Gasteiger partial charge on any atom is -0.310 e. The molecule has 6 aromatic rings. The summed E-state index contributed by atoms with van der Waals surface area (Å²) in [6, 6.07) is 46.5. The molecule has 0 aliphatic heterocycles. The van der Waals surface area contributed by atoms with E-state index in [4.69, 9.17) is 0 Å². The smallest absolute Gasteiger partial charge is 0.0546 e. The van der Waals surface area contributed by atoms with Gasteiger partial charge in [0, 0.05) is 22.4 Å². The third kappa shape index (κ3) is 4.45. The second-order valence-corrected chi connectivity index (χ2v) is 16.9. The van der Waals surface area contributed by atoms with E-state index in [1.54, 1.807) is 5.56 Å². The number of hydrogen-bond acceptors (Lipinski definition) is 1. The van der Waals surface area contributed by atoms with E-state index >= 15 is 0 Å². The minimum absolute atomic E-state index is 0.0804. The van der Waals surface area contributed by atoms with E-state index in [2.05, 4.69) is 154 Å². The Balaban J connectivity index is 1.18. The molecule has 11 rings (SSSR count). The maximum atomic E-state index is 2.56. The summed E-state index contributed by atoms with van der Waals surface area (Å²) >= 11 is 0. The summed E-state index contributed by atoms with van der Waals surface area (Å²) in [5, 5.41) is 2.56. The molecule has 0 spiro atoms. The van der Waals surface area contributed by atoms with Crippen LogP contribution in [-0.4, -0.2) is 0 Å². The molecule has 0 N–H and O–H groups in total. The molecule has 0 radical (unpaired) electrons. The van der Waals surface area contributed by atoms with E-state index in [1.165, 1.54) is 111 Å². The Kier molecular flexibility index (Phi) is 6.61. The van der Waals surface area contributed by atoms with Gasteiger partial charge in [0.15, 0.2) is 0 Å². The van der Waals surface area contributed by atoms with Crippen molar-refractivity contribution < 1.29 is 0 Å². The molecule has 4 fully saturated rings. The van der Waals surface area contributed by atoms with Crippen molar-refractivity contribution in [3.63, 3.8) is 0 Å². The third-order valence-electron chi connectivity index (χ3n) is 13.5. The molecular weight excluding hydrogens is 603 g/mol. The van der Waals surface area contributed by atoms with Crippen LogP contribution in [0.2, 0.25) is 0 Å². The Hall–Kier alpha value is -4.62. The summed E-state index contributed by atoms with van der Waals surface area (Å²) in [5.41, 5.74) is 16.4. The first-order valence-electron chi connectivity index (χ1n) is 19.0. The zero-order valence-corrected chi connectivity index (χ0v) is 30.0. The fourth-order valence-corrected chi connectivity index (χ4v) is 11.5. The highest BCUT2D eigenvalue weighted by atomic mass is 15.1. The van der Waals surface area contributed by atoms with Gasteiger partial charge in [-0.3, -0.25) is 0 Å². The summed E-state index contributed by atoms with van der Waals surface area (Å²) < 4.78 is 0. The maximum Gasteiger partial charge on any atom is 0.0546 e. The van der Waals surface area contributed by atoms with Crippen LogP contribution in [0.15, 0.2) is 121 Å². The standard InChI is InChI=1S/C49H47N/c1-31-10-5-7-13-40(31)47-41-14-8-6-12-36(41)16-23-45(47)50(39-21-22-42-44(27-39)48(3,4)43-15-9-11-32(2)46(42)43)38-19-17-37(18-20-38)49-28-33-24-34(29-49)26-35(25-33)30-49/h5-23,27,33-35H,24-26,28-30H2,1-4H3. The predicted octanol–water partition coefficient (Wildman–Crippen LogP) is 13.4. The SMILES string of the molecule is Cc1ccccc1-c1c(N(c2ccc(C34CC5CC(CC(C5)C3)C4)cc2)c2ccc3c(c2)C(C)(C)c2cccc(C)c2-3)ccc2ccccc12. The number of anilines is 3. The predicted molar refractivity (Wildman–Crippen MR) is 211 cm³/mol. The largest absolute Gasteiger partial charge is 0.310 e. The van der Waals surface area contributed by atoms with Crippen LogP contribution in [-0.2, 0) is 10.8 Å². The number of benzene rings is 6. The number of fused-ring (bicyclic) bond motifs is 4. The van der Waals surface area contributed by atoms with Crippen molar-refractivity contribution in [1.29, 1.82) is 0 Å². The van der Waals surface area contributed by atoms with Gasteiger partial charge in [-0.1, -0.05) is 105 Å². The first-order valence-corrected chi connectivity index (χ1v) is 19.0. The summed E-state index contributed by atoms with van der Waals surface area (Å²) in [7, 11) is 0. The van der Waals surface area contributed by atoms with Crippen molar-refractivity contribution in [1.82, 2.24) is 0 Å². The van der Waals surface area contributed by atoms with Crippen molar-refractivity contribution in [3.8, 4) is 22.3 Å². The monoisotopic (exact) mass is 649 g/mol. The quantitative estimate of drug-likeness (QED) is 0.180. The van der Waals surface area contributed by atoms with Gasteiger partial charge in [-0.05, 0) is 161 Å². The van der Waals surface area contributed by atoms with Gasteiger partial charge in [0.25, 0.3) is 0 Å². The van der Waals surface area contributed by atoms with Crippen LogP contribution in [0, 0.1) is 31.6 Å². The molecule has 6 aromatic carbocycles. The van der Waals surface area contributed by atoms with E-state index in [0.29, 0.717) is 5.41 Å². The Labute approximate surface area is 298 Å². The molecule has 1 nitrogen and oxygen atoms in total. The lowest BCUT2D eigenvalue weighted by molar-refractivity contribution is -0.00518. The Morgan fingerprint density at radius 1 is 0.540 bits per heavy atom. The highest BCUT2D eigenvalue weighted by molar-refractivity contribution is 6.06. The van der Waals surface area contributed by atoms with Crippen molar-refractivity contribution in [3.05, 3.63) is 149 Å². The maximum absolute atomic E-state index is 2.56. The molecule has 248 valence electrons. The molecule has 0 unspecified atom stereocenters. The van der Waals surface area contributed by atoms with Gasteiger partial charge < -0.3 is 4.90 Å². The third-order valence-corrected chi connectivity index (χ3v) is 13.5. The average molecular weight is 650 g/mol. The first kappa shape index (κ1) is 30.2. The Morgan fingerprint density at radius 3 is 1.94 bits per heavy atom. The summed E-state index contributed by atoms with van der Waals surface area (Å²) in [4.78, 5) is 2.56. The van der Waals surface area contributed by atoms with Crippen LogP contribution < -0.4 is 4.90 Å². The van der Waals surface area contributed by atoms with Crippen LogP contribution in [0.25, 0.3) is 33.0 Å². The number of hydrogen-bond donors (Lipinski definition) is 0. The van der Waals surface area contributed by atoms with Gasteiger partial charge >= 0.3 is 0 Å². The zero-order chi connectivity index (χ0) is 33.8. The molecule has 5 aliphatic carbocycles. The molecule has 0 amide bonds. The lowest BCUT2D eigenvalue weighted by Crippen LogP contribution is -2.48. The van der Waals surface area contributed by atoms with Gasteiger partial charge in [0.2, 0.25) is 0 Å². The van der Waals surface area contributed by atoms with Crippen LogP contribution in [0.3, 0.4) is 0 Å². The highest BCUT2D eigenvalue weighted by Crippen LogP contribution is 2.61. The van der Waals surface area contributed by atoms with Crippen LogP contribution in [0.5, 0.6) is 0 Å². The molecule has 0 atom stereocenters. The lowest BCUT2D eigenvalue weighted by atomic mass is 9.48. The van der Waals surface area contributed by atoms with E-state index in [1.807, 2.05) is 0 Å². The second-order valence-electron chi connectivity index (χ2n) is 16.9.